The van der Waals surface area contributed by atoms with Gasteiger partial charge in [-0.15, -0.1) is 0 Å². The standard InChI is InChI=1S/C36H46N2O12/c1-35(2,3)15-7-9-19-17(11-15)23(31(47)37(19)33-29(45)27(43)25(41)21(13-39)49-33)24-18-12-16(36(4,5)6)8-10-20(18)38(32(24)48)34-30(46)28(44)26(42)22(14-40)50-34/h7-12,21-22,25-30,33-34,39-46H,13-14H2,1-6H3/b24-23-/t21-,22-,25-,26-,27+,28+,29+,30+,33-,34-/m1/s1. The summed E-state index contributed by atoms with van der Waals surface area (Å²) in [6, 6.07) is 10.4. The Kier molecular flexibility index (Phi) is 9.30. The predicted molar refractivity (Wildman–Crippen MR) is 180 cm³/mol. The number of hydrogen-bond acceptors (Lipinski definition) is 12. The highest BCUT2D eigenvalue weighted by Gasteiger charge is 2.54. The number of nitrogens with zero attached hydrogens (tertiary/aromatic N) is 2. The van der Waals surface area contributed by atoms with E-state index in [2.05, 4.69) is 0 Å². The Balaban J connectivity index is 1.60. The number of ether oxygens (including phenoxy) is 2. The zero-order chi connectivity index (χ0) is 36.8. The molecule has 0 aromatic heterocycles. The van der Waals surface area contributed by atoms with E-state index in [0.29, 0.717) is 11.1 Å². The summed E-state index contributed by atoms with van der Waals surface area (Å²) in [5.41, 5.74) is 1.73. The van der Waals surface area contributed by atoms with E-state index in [-0.39, 0.29) is 22.5 Å². The van der Waals surface area contributed by atoms with E-state index in [1.165, 1.54) is 0 Å². The maximum atomic E-state index is 14.8. The first-order chi connectivity index (χ1) is 23.3. The fourth-order valence-corrected chi connectivity index (χ4v) is 7.09. The number of anilines is 2. The van der Waals surface area contributed by atoms with Crippen LogP contribution in [0.3, 0.4) is 0 Å². The topological polar surface area (TPSA) is 221 Å². The number of amides is 2. The van der Waals surface area contributed by atoms with E-state index in [1.54, 1.807) is 36.4 Å². The summed E-state index contributed by atoms with van der Waals surface area (Å²) >= 11 is 0. The molecule has 0 saturated carbocycles. The fraction of sp³-hybridized carbons (Fsp3) is 0.556. The number of carbonyl (C=O) groups is 2. The van der Waals surface area contributed by atoms with Gasteiger partial charge in [-0.3, -0.25) is 19.4 Å². The van der Waals surface area contributed by atoms with Gasteiger partial charge >= 0.3 is 0 Å². The normalized spacial score (nSPS) is 34.8. The van der Waals surface area contributed by atoms with Crippen LogP contribution < -0.4 is 9.80 Å². The molecule has 0 bridgehead atoms. The third-order valence-electron chi connectivity index (χ3n) is 10.1. The zero-order valence-corrected chi connectivity index (χ0v) is 28.8. The minimum atomic E-state index is -1.80. The van der Waals surface area contributed by atoms with Crippen LogP contribution in [0.15, 0.2) is 36.4 Å². The van der Waals surface area contributed by atoms with Crippen molar-refractivity contribution < 1.29 is 59.9 Å². The highest BCUT2D eigenvalue weighted by atomic mass is 16.6. The van der Waals surface area contributed by atoms with Crippen molar-refractivity contribution in [3.8, 4) is 0 Å². The Bertz CT molecular complexity index is 1590. The van der Waals surface area contributed by atoms with Crippen LogP contribution in [-0.2, 0) is 29.9 Å². The van der Waals surface area contributed by atoms with Gasteiger partial charge in [0.2, 0.25) is 0 Å². The highest BCUT2D eigenvalue weighted by Crippen LogP contribution is 2.50. The van der Waals surface area contributed by atoms with E-state index < -0.39 is 97.1 Å². The van der Waals surface area contributed by atoms with Gasteiger partial charge in [0.15, 0.2) is 12.5 Å². The number of rotatable bonds is 4. The van der Waals surface area contributed by atoms with Crippen LogP contribution in [0.5, 0.6) is 0 Å². The van der Waals surface area contributed by atoms with Crippen molar-refractivity contribution in [3.05, 3.63) is 58.7 Å². The number of benzene rings is 2. The second-order valence-corrected chi connectivity index (χ2v) is 15.5. The van der Waals surface area contributed by atoms with Gasteiger partial charge in [-0.05, 0) is 46.2 Å². The molecule has 14 nitrogen and oxygen atoms in total. The second kappa shape index (κ2) is 12.7. The molecule has 50 heavy (non-hydrogen) atoms. The maximum absolute atomic E-state index is 14.8. The number of hydrogen-bond donors (Lipinski definition) is 8. The van der Waals surface area contributed by atoms with Crippen molar-refractivity contribution in [2.45, 2.75) is 114 Å². The van der Waals surface area contributed by atoms with Crippen LogP contribution in [-0.4, -0.2) is 127 Å². The number of fused-ring (bicyclic) bond motifs is 2. The van der Waals surface area contributed by atoms with E-state index in [0.717, 1.165) is 20.9 Å². The van der Waals surface area contributed by atoms with Gasteiger partial charge < -0.3 is 50.3 Å². The Labute approximate surface area is 289 Å². The summed E-state index contributed by atoms with van der Waals surface area (Å²) in [4.78, 5) is 31.9. The molecule has 0 aliphatic carbocycles. The lowest BCUT2D eigenvalue weighted by Gasteiger charge is -2.43. The van der Waals surface area contributed by atoms with Gasteiger partial charge in [-0.1, -0.05) is 53.7 Å². The average molecular weight is 699 g/mol. The summed E-state index contributed by atoms with van der Waals surface area (Å²) < 4.78 is 11.7. The second-order valence-electron chi connectivity index (χ2n) is 15.5. The molecular formula is C36H46N2O12. The Morgan fingerprint density at radius 1 is 0.560 bits per heavy atom. The highest BCUT2D eigenvalue weighted by molar-refractivity contribution is 6.50. The molecule has 272 valence electrons. The molecule has 2 aromatic carbocycles. The summed E-state index contributed by atoms with van der Waals surface area (Å²) in [7, 11) is 0. The van der Waals surface area contributed by atoms with Crippen LogP contribution in [0.4, 0.5) is 11.4 Å². The van der Waals surface area contributed by atoms with Crippen molar-refractivity contribution in [1.29, 1.82) is 0 Å². The number of carbonyl (C=O) groups excluding carboxylic acids is 2. The molecule has 2 aromatic rings. The van der Waals surface area contributed by atoms with E-state index in [4.69, 9.17) is 9.47 Å². The lowest BCUT2D eigenvalue weighted by molar-refractivity contribution is -0.228. The maximum Gasteiger partial charge on any atom is 0.262 e. The molecule has 0 spiro atoms. The first-order valence-electron chi connectivity index (χ1n) is 16.7. The Morgan fingerprint density at radius 3 is 1.20 bits per heavy atom. The van der Waals surface area contributed by atoms with E-state index in [9.17, 15) is 50.4 Å². The number of aliphatic hydroxyl groups is 8. The third kappa shape index (κ3) is 5.68. The van der Waals surface area contributed by atoms with Crippen molar-refractivity contribution in [1.82, 2.24) is 0 Å². The third-order valence-corrected chi connectivity index (χ3v) is 10.1. The lowest BCUT2D eigenvalue weighted by Crippen LogP contribution is -2.64. The molecule has 2 fully saturated rings. The van der Waals surface area contributed by atoms with Gasteiger partial charge in [0.25, 0.3) is 11.8 Å². The van der Waals surface area contributed by atoms with Crippen molar-refractivity contribution in [2.24, 2.45) is 0 Å². The van der Waals surface area contributed by atoms with Crippen molar-refractivity contribution >= 4 is 34.3 Å². The van der Waals surface area contributed by atoms with Gasteiger partial charge in [0.1, 0.15) is 48.8 Å². The van der Waals surface area contributed by atoms with Gasteiger partial charge in [0, 0.05) is 11.1 Å². The van der Waals surface area contributed by atoms with Crippen LogP contribution in [0.2, 0.25) is 0 Å². The van der Waals surface area contributed by atoms with Crippen LogP contribution in [0, 0.1) is 0 Å². The monoisotopic (exact) mass is 698 g/mol. The van der Waals surface area contributed by atoms with E-state index in [1.807, 2.05) is 41.5 Å². The fourth-order valence-electron chi connectivity index (χ4n) is 7.09. The van der Waals surface area contributed by atoms with Crippen molar-refractivity contribution in [2.75, 3.05) is 23.0 Å². The van der Waals surface area contributed by atoms with Gasteiger partial charge in [-0.25, -0.2) is 0 Å². The molecule has 8 N–H and O–H groups in total. The average Bonchev–Trinajstić information content (AvgIpc) is 3.50. The molecule has 4 aliphatic heterocycles. The largest absolute Gasteiger partial charge is 0.394 e. The summed E-state index contributed by atoms with van der Waals surface area (Å²) in [6.45, 7) is 10.4. The zero-order valence-electron chi connectivity index (χ0n) is 28.8. The summed E-state index contributed by atoms with van der Waals surface area (Å²) in [5.74, 6) is -1.55. The van der Waals surface area contributed by atoms with Gasteiger partial charge in [0.05, 0.1) is 35.7 Å². The summed E-state index contributed by atoms with van der Waals surface area (Å²) in [5, 5.41) is 84.3. The number of aliphatic hydroxyl groups excluding tert-OH is 8. The van der Waals surface area contributed by atoms with Crippen molar-refractivity contribution in [3.63, 3.8) is 0 Å². The predicted octanol–water partition coefficient (Wildman–Crippen LogP) is -0.515. The molecule has 4 aliphatic rings. The summed E-state index contributed by atoms with van der Waals surface area (Å²) in [6.07, 6.45) is -16.3. The SMILES string of the molecule is CC(C)(C)c1ccc2c(c1)/C(=C1/C(=O)N([C@@H]3O[C@H](CO)[C@@H](O)[C@H](O)[C@@H]3O)c3ccc(C(C)(C)C)cc31)C(=O)N2[C@@H]1O[C@H](CO)[C@@H](O)[C@H](O)[C@@H]1O. The molecule has 14 heteroatoms. The van der Waals surface area contributed by atoms with E-state index >= 15 is 0 Å². The van der Waals surface area contributed by atoms with Crippen LogP contribution in [0.25, 0.3) is 11.1 Å². The quantitative estimate of drug-likeness (QED) is 0.189. The lowest BCUT2D eigenvalue weighted by atomic mass is 9.83. The Hall–Kier alpha value is -3.28. The minimum Gasteiger partial charge on any atom is -0.394 e. The molecular weight excluding hydrogens is 652 g/mol. The van der Waals surface area contributed by atoms with Crippen LogP contribution in [0.1, 0.15) is 63.8 Å². The molecule has 4 heterocycles. The minimum absolute atomic E-state index is 0.0764. The molecule has 0 unspecified atom stereocenters. The molecule has 2 saturated heterocycles. The molecule has 2 amide bonds. The first-order valence-corrected chi connectivity index (χ1v) is 16.7. The Morgan fingerprint density at radius 2 is 0.900 bits per heavy atom. The molecule has 10 atom stereocenters. The van der Waals surface area contributed by atoms with Crippen LogP contribution >= 0.6 is 0 Å². The smallest absolute Gasteiger partial charge is 0.262 e. The molecule has 0 radical (unpaired) electrons. The first kappa shape index (κ1) is 36.5. The van der Waals surface area contributed by atoms with Gasteiger partial charge in [-0.2, -0.15) is 0 Å². The molecule has 6 rings (SSSR count).